The molecule has 0 aromatic rings. The first-order chi connectivity index (χ1) is 48.5. The van der Waals surface area contributed by atoms with Crippen LogP contribution < -0.4 is 0 Å². The standard InChI is InChI=1S/C81H158O17P2/c1-6-9-12-15-18-21-23-25-27-28-29-30-31-32-33-39-43-47-52-57-62-67-81(86)98-77(71-92-79(84)65-60-55-50-45-41-38-35-34-36-40-44-48-53-58-63-74(4)5)73-96-100(89,90)94-69-75(82)68-93-99(87,88)95-72-76(70-91-78(83)64-59-54-49-20-17-14-11-8-3)97-80(85)66-61-56-51-46-42-37-26-24-22-19-16-13-10-7-2/h74-77,82H,6-73H2,1-5H3,(H,87,88)(H,89,90)/t75-,76+,77+/m0/s1. The van der Waals surface area contributed by atoms with E-state index in [2.05, 4.69) is 34.6 Å². The summed E-state index contributed by atoms with van der Waals surface area (Å²) in [6.45, 7) is 7.33. The van der Waals surface area contributed by atoms with Crippen molar-refractivity contribution in [3.63, 3.8) is 0 Å². The third-order valence-electron chi connectivity index (χ3n) is 19.0. The third kappa shape index (κ3) is 74.3. The molecule has 5 atom stereocenters. The van der Waals surface area contributed by atoms with Crippen molar-refractivity contribution in [2.75, 3.05) is 39.6 Å². The molecule has 19 heteroatoms. The Balaban J connectivity index is 5.19. The summed E-state index contributed by atoms with van der Waals surface area (Å²) in [6.07, 6.45) is 65.3. The second-order valence-corrected chi connectivity index (χ2v) is 32.5. The molecule has 0 aromatic carbocycles. The maximum Gasteiger partial charge on any atom is 0.472 e. The lowest BCUT2D eigenvalue weighted by Crippen LogP contribution is -2.30. The van der Waals surface area contributed by atoms with Crippen molar-refractivity contribution in [2.45, 2.75) is 451 Å². The fourth-order valence-electron chi connectivity index (χ4n) is 12.6. The van der Waals surface area contributed by atoms with E-state index in [9.17, 15) is 43.2 Å². The number of esters is 4. The summed E-state index contributed by atoms with van der Waals surface area (Å²) in [6, 6.07) is 0. The van der Waals surface area contributed by atoms with Crippen LogP contribution in [0.15, 0.2) is 0 Å². The first-order valence-corrected chi connectivity index (χ1v) is 45.1. The largest absolute Gasteiger partial charge is 0.472 e. The Kier molecular flexibility index (Phi) is 72.5. The summed E-state index contributed by atoms with van der Waals surface area (Å²) in [4.78, 5) is 72.9. The summed E-state index contributed by atoms with van der Waals surface area (Å²) >= 11 is 0. The highest BCUT2D eigenvalue weighted by Gasteiger charge is 2.30. The first kappa shape index (κ1) is 98.1. The van der Waals surface area contributed by atoms with Crippen molar-refractivity contribution in [2.24, 2.45) is 5.92 Å². The molecule has 0 aromatic heterocycles. The Bertz CT molecular complexity index is 1910. The van der Waals surface area contributed by atoms with E-state index >= 15 is 0 Å². The molecular formula is C81H158O17P2. The van der Waals surface area contributed by atoms with Crippen LogP contribution in [0.3, 0.4) is 0 Å². The summed E-state index contributed by atoms with van der Waals surface area (Å²) in [5.41, 5.74) is 0. The number of hydrogen-bond donors (Lipinski definition) is 3. The van der Waals surface area contributed by atoms with Crippen LogP contribution in [0.5, 0.6) is 0 Å². The minimum absolute atomic E-state index is 0.108. The first-order valence-electron chi connectivity index (χ1n) is 42.1. The van der Waals surface area contributed by atoms with Crippen LogP contribution in [0.4, 0.5) is 0 Å². The highest BCUT2D eigenvalue weighted by Crippen LogP contribution is 2.45. The molecule has 0 radical (unpaired) electrons. The number of phosphoric ester groups is 2. The van der Waals surface area contributed by atoms with Crippen LogP contribution in [-0.2, 0) is 65.4 Å². The quantitative estimate of drug-likeness (QED) is 0.0222. The van der Waals surface area contributed by atoms with E-state index in [1.54, 1.807) is 0 Å². The smallest absolute Gasteiger partial charge is 0.462 e. The highest BCUT2D eigenvalue weighted by molar-refractivity contribution is 7.47. The minimum Gasteiger partial charge on any atom is -0.462 e. The zero-order chi connectivity index (χ0) is 73.4. The predicted molar refractivity (Wildman–Crippen MR) is 409 cm³/mol. The van der Waals surface area contributed by atoms with Crippen LogP contribution in [-0.4, -0.2) is 96.7 Å². The van der Waals surface area contributed by atoms with Crippen molar-refractivity contribution in [1.29, 1.82) is 0 Å². The summed E-state index contributed by atoms with van der Waals surface area (Å²) in [5, 5.41) is 10.6. The van der Waals surface area contributed by atoms with E-state index in [0.717, 1.165) is 102 Å². The molecular weight excluding hydrogens is 1310 g/mol. The predicted octanol–water partition coefficient (Wildman–Crippen LogP) is 24.4. The van der Waals surface area contributed by atoms with Gasteiger partial charge in [-0.25, -0.2) is 9.13 Å². The van der Waals surface area contributed by atoms with Gasteiger partial charge in [-0.05, 0) is 31.6 Å². The summed E-state index contributed by atoms with van der Waals surface area (Å²) in [5.74, 6) is -1.31. The lowest BCUT2D eigenvalue weighted by Gasteiger charge is -2.21. The Hall–Kier alpha value is -1.94. The van der Waals surface area contributed by atoms with Crippen molar-refractivity contribution < 1.29 is 80.2 Å². The molecule has 0 rings (SSSR count). The average Bonchev–Trinajstić information content (AvgIpc) is 0.966. The van der Waals surface area contributed by atoms with Crippen LogP contribution in [0.1, 0.15) is 433 Å². The van der Waals surface area contributed by atoms with Crippen molar-refractivity contribution in [3.05, 3.63) is 0 Å². The number of ether oxygens (including phenoxy) is 4. The molecule has 0 amide bonds. The molecule has 0 heterocycles. The molecule has 0 spiro atoms. The average molecular weight is 1470 g/mol. The number of carbonyl (C=O) groups excluding carboxylic acids is 4. The number of carbonyl (C=O) groups is 4. The van der Waals surface area contributed by atoms with Gasteiger partial charge < -0.3 is 33.8 Å². The zero-order valence-corrected chi connectivity index (χ0v) is 67.1. The lowest BCUT2D eigenvalue weighted by molar-refractivity contribution is -0.161. The third-order valence-corrected chi connectivity index (χ3v) is 20.9. The van der Waals surface area contributed by atoms with Crippen molar-refractivity contribution in [3.8, 4) is 0 Å². The zero-order valence-electron chi connectivity index (χ0n) is 65.3. The van der Waals surface area contributed by atoms with Gasteiger partial charge in [-0.2, -0.15) is 0 Å². The second kappa shape index (κ2) is 73.9. The van der Waals surface area contributed by atoms with Gasteiger partial charge >= 0.3 is 39.5 Å². The van der Waals surface area contributed by atoms with Crippen LogP contribution in [0.25, 0.3) is 0 Å². The van der Waals surface area contributed by atoms with Gasteiger partial charge in [0.15, 0.2) is 12.2 Å². The maximum atomic E-state index is 13.1. The van der Waals surface area contributed by atoms with Crippen LogP contribution in [0, 0.1) is 5.92 Å². The summed E-state index contributed by atoms with van der Waals surface area (Å²) in [7, 11) is -9.91. The molecule has 0 saturated carbocycles. The minimum atomic E-state index is -4.96. The normalized spacial score (nSPS) is 13.8. The van der Waals surface area contributed by atoms with Gasteiger partial charge in [0.05, 0.1) is 26.4 Å². The van der Waals surface area contributed by atoms with E-state index in [-0.39, 0.29) is 25.7 Å². The van der Waals surface area contributed by atoms with Crippen molar-refractivity contribution >= 4 is 39.5 Å². The van der Waals surface area contributed by atoms with Gasteiger partial charge in [0.1, 0.15) is 19.3 Å². The van der Waals surface area contributed by atoms with Gasteiger partial charge in [0, 0.05) is 25.7 Å². The SMILES string of the molecule is CCCCCCCCCCCCCCCCCCCCCCCC(=O)O[C@H](COC(=O)CCCCCCCCCCCCCCCCC(C)C)COP(=O)(O)OC[C@@H](O)COP(=O)(O)OC[C@@H](COC(=O)CCCCCCCCCC)OC(=O)CCCCCCCCCCCCCCCC. The molecule has 17 nitrogen and oxygen atoms in total. The van der Waals surface area contributed by atoms with Crippen molar-refractivity contribution in [1.82, 2.24) is 0 Å². The molecule has 3 N–H and O–H groups in total. The molecule has 594 valence electrons. The number of aliphatic hydroxyl groups excluding tert-OH is 1. The van der Waals surface area contributed by atoms with Crippen LogP contribution >= 0.6 is 15.6 Å². The van der Waals surface area contributed by atoms with Gasteiger partial charge in [0.25, 0.3) is 0 Å². The maximum absolute atomic E-state index is 13.1. The van der Waals surface area contributed by atoms with Gasteiger partial charge in [-0.15, -0.1) is 0 Å². The van der Waals surface area contributed by atoms with Crippen LogP contribution in [0.2, 0.25) is 0 Å². The molecule has 0 aliphatic heterocycles. The number of phosphoric acid groups is 2. The Labute approximate surface area is 613 Å². The Morgan fingerprint density at radius 3 is 0.680 bits per heavy atom. The second-order valence-electron chi connectivity index (χ2n) is 29.6. The Morgan fingerprint density at radius 2 is 0.460 bits per heavy atom. The van der Waals surface area contributed by atoms with E-state index in [1.165, 1.54) is 250 Å². The topological polar surface area (TPSA) is 237 Å². The molecule has 0 saturated heterocycles. The molecule has 100 heavy (non-hydrogen) atoms. The number of rotatable bonds is 81. The van der Waals surface area contributed by atoms with E-state index in [4.69, 9.17) is 37.0 Å². The highest BCUT2D eigenvalue weighted by atomic mass is 31.2. The van der Waals surface area contributed by atoms with E-state index in [0.29, 0.717) is 25.7 Å². The van der Waals surface area contributed by atoms with E-state index < -0.39 is 97.5 Å². The monoisotopic (exact) mass is 1470 g/mol. The fourth-order valence-corrected chi connectivity index (χ4v) is 14.2. The summed E-state index contributed by atoms with van der Waals surface area (Å²) < 4.78 is 68.6. The number of aliphatic hydroxyl groups is 1. The molecule has 2 unspecified atom stereocenters. The fraction of sp³-hybridized carbons (Fsp3) is 0.951. The molecule has 0 bridgehead atoms. The molecule has 0 aliphatic carbocycles. The lowest BCUT2D eigenvalue weighted by atomic mass is 10.0. The number of unbranched alkanes of at least 4 members (excludes halogenated alkanes) is 53. The molecule has 0 fully saturated rings. The van der Waals surface area contributed by atoms with E-state index in [1.807, 2.05) is 0 Å². The van der Waals surface area contributed by atoms with Gasteiger partial charge in [-0.1, -0.05) is 381 Å². The molecule has 0 aliphatic rings. The van der Waals surface area contributed by atoms with Gasteiger partial charge in [-0.3, -0.25) is 37.3 Å². The number of hydrogen-bond acceptors (Lipinski definition) is 15. The van der Waals surface area contributed by atoms with Gasteiger partial charge in [0.2, 0.25) is 0 Å². The Morgan fingerprint density at radius 1 is 0.270 bits per heavy atom.